The SMILES string of the molecule is CSCC[C@H](NC(=O)[C@H](Cc1ccc(O)cc1)NC(=O)CNC(=O)CNC(=O)[C@H](CC(C)C)NC(=O)CNC(=O)CNC(=O)[C@@H](N)C(C)C)C(=O)N[C@@H](CC(C)C)C(=O)O. The van der Waals surface area contributed by atoms with Gasteiger partial charge in [-0.15, -0.1) is 0 Å². The predicted octanol–water partition coefficient (Wildman–Crippen LogP) is -1.75. The number of carboxylic acids is 1. The van der Waals surface area contributed by atoms with Crippen LogP contribution in [0.1, 0.15) is 66.4 Å². The number of benzene rings is 1. The van der Waals surface area contributed by atoms with Gasteiger partial charge in [-0.25, -0.2) is 4.79 Å². The van der Waals surface area contributed by atoms with Crippen molar-refractivity contribution in [1.29, 1.82) is 0 Å². The molecular weight excluding hydrogens is 803 g/mol. The van der Waals surface area contributed by atoms with E-state index in [-0.39, 0.29) is 49.2 Å². The Balaban J connectivity index is 2.89. The fraction of sp³-hybridized carbons (Fsp3) is 0.615. The number of aliphatic carboxylic acids is 1. The molecule has 0 aromatic heterocycles. The van der Waals surface area contributed by atoms with Gasteiger partial charge >= 0.3 is 5.97 Å². The van der Waals surface area contributed by atoms with Gasteiger partial charge in [0, 0.05) is 6.42 Å². The number of carboxylic acid groups (broad SMARTS) is 1. The lowest BCUT2D eigenvalue weighted by molar-refractivity contribution is -0.142. The van der Waals surface area contributed by atoms with E-state index in [1.165, 1.54) is 36.0 Å². The molecule has 5 atom stereocenters. The molecular formula is C39H63N9O11S. The number of phenolic OH excluding ortho intramolecular Hbond substituents is 1. The number of carbonyl (C=O) groups is 9. The zero-order chi connectivity index (χ0) is 45.5. The van der Waals surface area contributed by atoms with Crippen LogP contribution in [-0.2, 0) is 49.6 Å². The highest BCUT2D eigenvalue weighted by molar-refractivity contribution is 7.98. The average molecular weight is 866 g/mol. The maximum Gasteiger partial charge on any atom is 0.326 e. The molecule has 1 aromatic rings. The van der Waals surface area contributed by atoms with Gasteiger partial charge in [0.2, 0.25) is 47.3 Å². The molecule has 0 radical (unpaired) electrons. The maximum atomic E-state index is 13.6. The Morgan fingerprint density at radius 1 is 0.583 bits per heavy atom. The molecule has 1 aromatic carbocycles. The number of phenols is 1. The van der Waals surface area contributed by atoms with E-state index in [0.717, 1.165) is 0 Å². The monoisotopic (exact) mass is 865 g/mol. The lowest BCUT2D eigenvalue weighted by atomic mass is 10.0. The Bertz CT molecular complexity index is 1630. The third-order valence-electron chi connectivity index (χ3n) is 8.71. The third kappa shape index (κ3) is 21.5. The maximum absolute atomic E-state index is 13.6. The Labute approximate surface area is 354 Å². The second kappa shape index (κ2) is 27.3. The average Bonchev–Trinajstić information content (AvgIpc) is 3.17. The van der Waals surface area contributed by atoms with Gasteiger partial charge in [0.1, 0.15) is 29.9 Å². The van der Waals surface area contributed by atoms with Crippen molar-refractivity contribution >= 4 is 65.0 Å². The van der Waals surface area contributed by atoms with Crippen LogP contribution >= 0.6 is 11.8 Å². The van der Waals surface area contributed by atoms with Gasteiger partial charge in [0.15, 0.2) is 0 Å². The molecule has 20 nitrogen and oxygen atoms in total. The summed E-state index contributed by atoms with van der Waals surface area (Å²) in [4.78, 5) is 114. The van der Waals surface area contributed by atoms with Crippen LogP contribution in [0.15, 0.2) is 24.3 Å². The van der Waals surface area contributed by atoms with Crippen LogP contribution in [-0.4, -0.2) is 132 Å². The Kier molecular flexibility index (Phi) is 24.0. The van der Waals surface area contributed by atoms with E-state index in [9.17, 15) is 53.4 Å². The second-order valence-electron chi connectivity index (χ2n) is 15.4. The van der Waals surface area contributed by atoms with Crippen molar-refractivity contribution in [2.75, 3.05) is 38.2 Å². The predicted molar refractivity (Wildman–Crippen MR) is 224 cm³/mol. The summed E-state index contributed by atoms with van der Waals surface area (Å²) in [6, 6.07) is 0.351. The summed E-state index contributed by atoms with van der Waals surface area (Å²) in [5.41, 5.74) is 6.28. The van der Waals surface area contributed by atoms with Crippen molar-refractivity contribution in [3.05, 3.63) is 29.8 Å². The van der Waals surface area contributed by atoms with E-state index in [4.69, 9.17) is 5.73 Å². The zero-order valence-corrected chi connectivity index (χ0v) is 36.2. The lowest BCUT2D eigenvalue weighted by Gasteiger charge is -2.25. The van der Waals surface area contributed by atoms with Crippen molar-refractivity contribution in [2.24, 2.45) is 23.5 Å². The quantitative estimate of drug-likeness (QED) is 0.0468. The van der Waals surface area contributed by atoms with Crippen molar-refractivity contribution in [1.82, 2.24) is 42.5 Å². The largest absolute Gasteiger partial charge is 0.508 e. The Morgan fingerprint density at radius 3 is 1.52 bits per heavy atom. The molecule has 21 heteroatoms. The van der Waals surface area contributed by atoms with Crippen LogP contribution in [0.3, 0.4) is 0 Å². The molecule has 1 rings (SSSR count). The van der Waals surface area contributed by atoms with Crippen molar-refractivity contribution in [3.8, 4) is 5.75 Å². The number of amides is 8. The molecule has 0 aliphatic rings. The van der Waals surface area contributed by atoms with Crippen molar-refractivity contribution < 1.29 is 53.4 Å². The van der Waals surface area contributed by atoms with E-state index in [1.807, 2.05) is 13.8 Å². The van der Waals surface area contributed by atoms with E-state index in [2.05, 4.69) is 42.5 Å². The first-order valence-electron chi connectivity index (χ1n) is 19.7. The summed E-state index contributed by atoms with van der Waals surface area (Å²) in [6.45, 7) is 8.63. The Morgan fingerprint density at radius 2 is 1.03 bits per heavy atom. The number of hydrogen-bond donors (Lipinski definition) is 11. The molecule has 0 aliphatic carbocycles. The lowest BCUT2D eigenvalue weighted by Crippen LogP contribution is -2.57. The van der Waals surface area contributed by atoms with Gasteiger partial charge in [-0.1, -0.05) is 53.7 Å². The van der Waals surface area contributed by atoms with Crippen molar-refractivity contribution in [2.45, 2.75) is 97.4 Å². The van der Waals surface area contributed by atoms with Crippen LogP contribution in [0.2, 0.25) is 0 Å². The van der Waals surface area contributed by atoms with Crippen LogP contribution < -0.4 is 48.3 Å². The highest BCUT2D eigenvalue weighted by atomic mass is 32.2. The normalized spacial score (nSPS) is 13.5. The first kappa shape index (κ1) is 52.6. The van der Waals surface area contributed by atoms with Gasteiger partial charge < -0.3 is 58.5 Å². The van der Waals surface area contributed by atoms with Gasteiger partial charge in [-0.05, 0) is 66.7 Å². The molecule has 0 saturated carbocycles. The minimum atomic E-state index is -1.28. The molecule has 0 saturated heterocycles. The standard InChI is InChI=1S/C39H63N9O11S/c1-21(2)14-27(45-32(52)19-42-31(51)18-44-38(57)34(40)23(5)6)35(54)43-17-30(50)41-20-33(53)46-28(16-24-8-10-25(49)11-9-24)37(56)47-26(12-13-60-7)36(55)48-29(39(58)59)15-22(3)4/h8-11,21-23,26-29,34,49H,12-20,40H2,1-7H3,(H,41,50)(H,42,51)(H,43,54)(H,44,57)(H,45,52)(H,46,53)(H,47,56)(H,48,55)(H,58,59)/t26-,27-,28-,29-,34-/m0/s1. The summed E-state index contributed by atoms with van der Waals surface area (Å²) in [5.74, 6) is -6.69. The first-order chi connectivity index (χ1) is 28.1. The number of carbonyl (C=O) groups excluding carboxylic acids is 8. The van der Waals surface area contributed by atoms with Gasteiger partial charge in [0.25, 0.3) is 0 Å². The summed E-state index contributed by atoms with van der Waals surface area (Å²) in [7, 11) is 0. The van der Waals surface area contributed by atoms with E-state index in [0.29, 0.717) is 11.3 Å². The molecule has 0 heterocycles. The summed E-state index contributed by atoms with van der Waals surface area (Å²) >= 11 is 1.41. The van der Waals surface area contributed by atoms with Crippen molar-refractivity contribution in [3.63, 3.8) is 0 Å². The second-order valence-corrected chi connectivity index (χ2v) is 16.4. The highest BCUT2D eigenvalue weighted by Crippen LogP contribution is 2.13. The highest BCUT2D eigenvalue weighted by Gasteiger charge is 2.30. The number of hydrogen-bond acceptors (Lipinski definition) is 12. The van der Waals surface area contributed by atoms with Crippen LogP contribution in [0, 0.1) is 17.8 Å². The van der Waals surface area contributed by atoms with Crippen LogP contribution in [0.25, 0.3) is 0 Å². The molecule has 0 bridgehead atoms. The van der Waals surface area contributed by atoms with E-state index < -0.39 is 110 Å². The number of nitrogens with one attached hydrogen (secondary N) is 8. The molecule has 8 amide bonds. The number of nitrogens with two attached hydrogens (primary N) is 1. The number of aromatic hydroxyl groups is 1. The molecule has 0 unspecified atom stereocenters. The van der Waals surface area contributed by atoms with Crippen LogP contribution in [0.5, 0.6) is 5.75 Å². The topological polar surface area (TPSA) is 316 Å². The van der Waals surface area contributed by atoms with Crippen LogP contribution in [0.4, 0.5) is 0 Å². The molecule has 336 valence electrons. The number of rotatable bonds is 27. The third-order valence-corrected chi connectivity index (χ3v) is 9.36. The molecule has 0 spiro atoms. The minimum Gasteiger partial charge on any atom is -0.508 e. The van der Waals surface area contributed by atoms with E-state index in [1.54, 1.807) is 34.0 Å². The van der Waals surface area contributed by atoms with E-state index >= 15 is 0 Å². The summed E-state index contributed by atoms with van der Waals surface area (Å²) in [6.07, 6.45) is 2.21. The minimum absolute atomic E-state index is 0.0323. The molecule has 0 aliphatic heterocycles. The Hall–Kier alpha value is -5.44. The first-order valence-corrected chi connectivity index (χ1v) is 21.1. The summed E-state index contributed by atoms with van der Waals surface area (Å²) < 4.78 is 0. The number of thioether (sulfide) groups is 1. The fourth-order valence-corrected chi connectivity index (χ4v) is 5.85. The molecule has 12 N–H and O–H groups in total. The molecule has 0 fully saturated rings. The summed E-state index contributed by atoms with van der Waals surface area (Å²) in [5, 5.41) is 39.0. The van der Waals surface area contributed by atoms with Gasteiger partial charge in [-0.3, -0.25) is 38.4 Å². The molecule has 60 heavy (non-hydrogen) atoms. The zero-order valence-electron chi connectivity index (χ0n) is 35.3. The van der Waals surface area contributed by atoms with Gasteiger partial charge in [0.05, 0.1) is 32.2 Å². The van der Waals surface area contributed by atoms with Gasteiger partial charge in [-0.2, -0.15) is 11.8 Å². The fourth-order valence-electron chi connectivity index (χ4n) is 5.37. The smallest absolute Gasteiger partial charge is 0.326 e.